The van der Waals surface area contributed by atoms with Crippen molar-refractivity contribution in [2.75, 3.05) is 26.2 Å². The first-order valence-electron chi connectivity index (χ1n) is 7.30. The minimum atomic E-state index is 0.175. The molecule has 0 bridgehead atoms. The molecule has 1 aromatic rings. The third kappa shape index (κ3) is 2.45. The SMILES string of the molecule is CC1(c2ccccc2)CNCCN1CCC1CC1. The molecule has 0 amide bonds. The summed E-state index contributed by atoms with van der Waals surface area (Å²) in [6.45, 7) is 7.03. The average Bonchev–Trinajstić information content (AvgIpc) is 3.23. The molecule has 1 unspecified atom stereocenters. The molecule has 2 fully saturated rings. The van der Waals surface area contributed by atoms with E-state index in [1.807, 2.05) is 0 Å². The molecule has 2 aliphatic rings. The lowest BCUT2D eigenvalue weighted by Gasteiger charge is -2.46. The van der Waals surface area contributed by atoms with Gasteiger partial charge in [-0.25, -0.2) is 0 Å². The van der Waals surface area contributed by atoms with Gasteiger partial charge in [-0.2, -0.15) is 0 Å². The molecule has 2 nitrogen and oxygen atoms in total. The maximum atomic E-state index is 3.57. The van der Waals surface area contributed by atoms with Crippen molar-refractivity contribution >= 4 is 0 Å². The maximum absolute atomic E-state index is 3.57. The molecule has 0 spiro atoms. The summed E-state index contributed by atoms with van der Waals surface area (Å²) in [4.78, 5) is 2.69. The summed E-state index contributed by atoms with van der Waals surface area (Å²) in [5, 5.41) is 3.57. The molecule has 2 heteroatoms. The van der Waals surface area contributed by atoms with Crippen molar-refractivity contribution in [2.24, 2.45) is 5.92 Å². The van der Waals surface area contributed by atoms with Crippen LogP contribution >= 0.6 is 0 Å². The van der Waals surface area contributed by atoms with E-state index in [0.717, 1.165) is 19.0 Å². The van der Waals surface area contributed by atoms with E-state index in [4.69, 9.17) is 0 Å². The summed E-state index contributed by atoms with van der Waals surface area (Å²) in [5.74, 6) is 1.03. The number of hydrogen-bond acceptors (Lipinski definition) is 2. The molecule has 1 aliphatic carbocycles. The smallest absolute Gasteiger partial charge is 0.0557 e. The van der Waals surface area contributed by atoms with Crippen LogP contribution in [0.5, 0.6) is 0 Å². The van der Waals surface area contributed by atoms with Crippen LogP contribution in [0.1, 0.15) is 31.7 Å². The minimum absolute atomic E-state index is 0.175. The first-order valence-corrected chi connectivity index (χ1v) is 7.30. The van der Waals surface area contributed by atoms with Crippen molar-refractivity contribution in [1.82, 2.24) is 10.2 Å². The quantitative estimate of drug-likeness (QED) is 0.876. The summed E-state index contributed by atoms with van der Waals surface area (Å²) in [7, 11) is 0. The van der Waals surface area contributed by atoms with Gasteiger partial charge in [-0.05, 0) is 31.4 Å². The second kappa shape index (κ2) is 5.02. The first-order chi connectivity index (χ1) is 8.79. The van der Waals surface area contributed by atoms with Crippen LogP contribution in [0, 0.1) is 5.92 Å². The summed E-state index contributed by atoms with van der Waals surface area (Å²) < 4.78 is 0. The van der Waals surface area contributed by atoms with Crippen molar-refractivity contribution in [3.8, 4) is 0 Å². The fourth-order valence-corrected chi connectivity index (χ4v) is 3.09. The molecular formula is C16H24N2. The van der Waals surface area contributed by atoms with Crippen LogP contribution in [-0.4, -0.2) is 31.1 Å². The second-order valence-electron chi connectivity index (χ2n) is 6.04. The molecule has 98 valence electrons. The van der Waals surface area contributed by atoms with Gasteiger partial charge in [-0.15, -0.1) is 0 Å². The molecule has 0 radical (unpaired) electrons. The lowest BCUT2D eigenvalue weighted by atomic mass is 9.88. The van der Waals surface area contributed by atoms with E-state index in [2.05, 4.69) is 47.5 Å². The van der Waals surface area contributed by atoms with Crippen LogP contribution in [0.15, 0.2) is 30.3 Å². The van der Waals surface area contributed by atoms with Crippen LogP contribution in [-0.2, 0) is 5.54 Å². The van der Waals surface area contributed by atoms with Gasteiger partial charge in [-0.3, -0.25) is 4.90 Å². The normalized spacial score (nSPS) is 29.4. The number of nitrogens with zero attached hydrogens (tertiary/aromatic N) is 1. The average molecular weight is 244 g/mol. The van der Waals surface area contributed by atoms with Gasteiger partial charge >= 0.3 is 0 Å². The zero-order valence-corrected chi connectivity index (χ0v) is 11.4. The molecule has 1 aromatic carbocycles. The molecule has 1 heterocycles. The topological polar surface area (TPSA) is 15.3 Å². The Labute approximate surface area is 110 Å². The molecule has 1 N–H and O–H groups in total. The molecular weight excluding hydrogens is 220 g/mol. The third-order valence-corrected chi connectivity index (χ3v) is 4.63. The predicted octanol–water partition coefficient (Wildman–Crippen LogP) is 2.61. The van der Waals surface area contributed by atoms with Gasteiger partial charge in [0.05, 0.1) is 5.54 Å². The number of benzene rings is 1. The maximum Gasteiger partial charge on any atom is 0.0557 e. The van der Waals surface area contributed by atoms with Crippen LogP contribution in [0.25, 0.3) is 0 Å². The number of hydrogen-bond donors (Lipinski definition) is 1. The van der Waals surface area contributed by atoms with E-state index in [1.165, 1.54) is 37.9 Å². The fourth-order valence-electron chi connectivity index (χ4n) is 3.09. The van der Waals surface area contributed by atoms with Gasteiger partial charge in [0.15, 0.2) is 0 Å². The van der Waals surface area contributed by atoms with Crippen molar-refractivity contribution in [2.45, 2.75) is 31.7 Å². The highest BCUT2D eigenvalue weighted by Crippen LogP contribution is 2.35. The molecule has 1 atom stereocenters. The lowest BCUT2D eigenvalue weighted by Crippen LogP contribution is -2.57. The Bertz CT molecular complexity index is 385. The van der Waals surface area contributed by atoms with Gasteiger partial charge in [-0.1, -0.05) is 43.2 Å². The fraction of sp³-hybridized carbons (Fsp3) is 0.625. The second-order valence-corrected chi connectivity index (χ2v) is 6.04. The van der Waals surface area contributed by atoms with Crippen LogP contribution < -0.4 is 5.32 Å². The van der Waals surface area contributed by atoms with Crippen LogP contribution in [0.4, 0.5) is 0 Å². The van der Waals surface area contributed by atoms with E-state index in [9.17, 15) is 0 Å². The van der Waals surface area contributed by atoms with Crippen molar-refractivity contribution in [3.05, 3.63) is 35.9 Å². The highest BCUT2D eigenvalue weighted by molar-refractivity contribution is 5.25. The molecule has 18 heavy (non-hydrogen) atoms. The summed E-state index contributed by atoms with van der Waals surface area (Å²) in [6, 6.07) is 11.0. The Hall–Kier alpha value is -0.860. The van der Waals surface area contributed by atoms with E-state index in [-0.39, 0.29) is 5.54 Å². The summed E-state index contributed by atoms with van der Waals surface area (Å²) >= 11 is 0. The highest BCUT2D eigenvalue weighted by Gasteiger charge is 2.36. The van der Waals surface area contributed by atoms with Crippen LogP contribution in [0.3, 0.4) is 0 Å². The Morgan fingerprint density at radius 1 is 1.28 bits per heavy atom. The highest BCUT2D eigenvalue weighted by atomic mass is 15.3. The Morgan fingerprint density at radius 3 is 2.78 bits per heavy atom. The van der Waals surface area contributed by atoms with Crippen molar-refractivity contribution in [1.29, 1.82) is 0 Å². The van der Waals surface area contributed by atoms with E-state index >= 15 is 0 Å². The number of piperazine rings is 1. The summed E-state index contributed by atoms with van der Waals surface area (Å²) in [5.41, 5.74) is 1.63. The third-order valence-electron chi connectivity index (χ3n) is 4.63. The van der Waals surface area contributed by atoms with Crippen molar-refractivity contribution in [3.63, 3.8) is 0 Å². The van der Waals surface area contributed by atoms with E-state index in [1.54, 1.807) is 0 Å². The molecule has 0 aromatic heterocycles. The zero-order valence-electron chi connectivity index (χ0n) is 11.4. The minimum Gasteiger partial charge on any atom is -0.313 e. The van der Waals surface area contributed by atoms with Gasteiger partial charge in [0.2, 0.25) is 0 Å². The van der Waals surface area contributed by atoms with Crippen LogP contribution in [0.2, 0.25) is 0 Å². The standard InChI is InChI=1S/C16H24N2/c1-16(15-5-3-2-4-6-15)13-17-10-12-18(16)11-9-14-7-8-14/h2-6,14,17H,7-13H2,1H3. The first kappa shape index (κ1) is 12.2. The van der Waals surface area contributed by atoms with E-state index in [0.29, 0.717) is 0 Å². The van der Waals surface area contributed by atoms with Gasteiger partial charge in [0, 0.05) is 19.6 Å². The largest absolute Gasteiger partial charge is 0.313 e. The molecule has 1 saturated heterocycles. The van der Waals surface area contributed by atoms with Gasteiger partial charge < -0.3 is 5.32 Å². The number of rotatable bonds is 4. The monoisotopic (exact) mass is 244 g/mol. The Balaban J connectivity index is 1.76. The number of nitrogens with one attached hydrogen (secondary N) is 1. The van der Waals surface area contributed by atoms with Gasteiger partial charge in [0.1, 0.15) is 0 Å². The molecule has 1 saturated carbocycles. The van der Waals surface area contributed by atoms with Crippen molar-refractivity contribution < 1.29 is 0 Å². The van der Waals surface area contributed by atoms with Gasteiger partial charge in [0.25, 0.3) is 0 Å². The molecule has 3 rings (SSSR count). The lowest BCUT2D eigenvalue weighted by molar-refractivity contribution is 0.0702. The van der Waals surface area contributed by atoms with E-state index < -0.39 is 0 Å². The summed E-state index contributed by atoms with van der Waals surface area (Å²) in [6.07, 6.45) is 4.32. The Kier molecular flexibility index (Phi) is 3.40. The predicted molar refractivity (Wildman–Crippen MR) is 75.6 cm³/mol. The zero-order chi connectivity index (χ0) is 12.4. The molecule has 1 aliphatic heterocycles. The Morgan fingerprint density at radius 2 is 2.06 bits per heavy atom.